The Kier molecular flexibility index (Phi) is 4.05. The summed E-state index contributed by atoms with van der Waals surface area (Å²) in [5.41, 5.74) is 0.583. The number of hydrogen-bond donors (Lipinski definition) is 1. The van der Waals surface area contributed by atoms with E-state index >= 15 is 0 Å². The van der Waals surface area contributed by atoms with E-state index in [9.17, 15) is 8.42 Å². The van der Waals surface area contributed by atoms with Crippen LogP contribution < -0.4 is 5.32 Å². The van der Waals surface area contributed by atoms with Crippen LogP contribution in [0.25, 0.3) is 0 Å². The number of nitrogens with one attached hydrogen (secondary N) is 1. The molecule has 0 aromatic heterocycles. The van der Waals surface area contributed by atoms with E-state index in [0.29, 0.717) is 31.1 Å². The molecule has 2 heterocycles. The van der Waals surface area contributed by atoms with Crippen LogP contribution in [0.5, 0.6) is 0 Å². The molecule has 116 valence electrons. The highest BCUT2D eigenvalue weighted by Gasteiger charge is 2.37. The summed E-state index contributed by atoms with van der Waals surface area (Å²) in [4.78, 5) is 0.461. The van der Waals surface area contributed by atoms with E-state index in [1.54, 1.807) is 19.2 Å². The smallest absolute Gasteiger partial charge is 0.178 e. The maximum Gasteiger partial charge on any atom is 0.178 e. The van der Waals surface area contributed by atoms with Crippen LogP contribution in [0.2, 0.25) is 0 Å². The molecule has 0 bridgehead atoms. The summed E-state index contributed by atoms with van der Waals surface area (Å²) in [6.07, 6.45) is 1.46. The van der Waals surface area contributed by atoms with Gasteiger partial charge in [-0.1, -0.05) is 18.2 Å². The van der Waals surface area contributed by atoms with Crippen molar-refractivity contribution >= 4 is 9.84 Å². The molecule has 1 fully saturated rings. The highest BCUT2D eigenvalue weighted by Crippen LogP contribution is 2.32. The lowest BCUT2D eigenvalue weighted by Gasteiger charge is -2.31. The number of fused-ring (bicyclic) bond motifs is 1. The van der Waals surface area contributed by atoms with E-state index in [0.717, 1.165) is 12.0 Å². The third kappa shape index (κ3) is 2.85. The van der Waals surface area contributed by atoms with E-state index in [2.05, 4.69) is 5.32 Å². The van der Waals surface area contributed by atoms with Gasteiger partial charge in [0.1, 0.15) is 5.60 Å². The van der Waals surface area contributed by atoms with Gasteiger partial charge in [0.05, 0.1) is 17.3 Å². The van der Waals surface area contributed by atoms with Crippen LogP contribution in [-0.2, 0) is 19.3 Å². The first-order chi connectivity index (χ1) is 10.1. The molecule has 0 saturated carbocycles. The molecule has 1 aromatic rings. The molecule has 3 rings (SSSR count). The van der Waals surface area contributed by atoms with E-state index in [1.807, 2.05) is 12.1 Å². The zero-order valence-electron chi connectivity index (χ0n) is 12.2. The first-order valence-corrected chi connectivity index (χ1v) is 8.90. The zero-order valence-corrected chi connectivity index (χ0v) is 13.0. The molecule has 1 N–H and O–H groups in total. The lowest BCUT2D eigenvalue weighted by molar-refractivity contribution is -0.0176. The van der Waals surface area contributed by atoms with E-state index in [4.69, 9.17) is 9.47 Å². The first kappa shape index (κ1) is 15.0. The van der Waals surface area contributed by atoms with E-state index < -0.39 is 9.84 Å². The van der Waals surface area contributed by atoms with Crippen molar-refractivity contribution < 1.29 is 17.9 Å². The fourth-order valence-electron chi connectivity index (χ4n) is 3.07. The molecule has 2 unspecified atom stereocenters. The summed E-state index contributed by atoms with van der Waals surface area (Å²) in [7, 11) is -1.43. The van der Waals surface area contributed by atoms with Gasteiger partial charge in [-0.25, -0.2) is 8.42 Å². The lowest BCUT2D eigenvalue weighted by Crippen LogP contribution is -2.45. The molecule has 2 aliphatic rings. The SMILES string of the molecule is COC1(CNC2CCS(=O)(=O)c3ccccc32)CCOC1. The Morgan fingerprint density at radius 3 is 2.95 bits per heavy atom. The van der Waals surface area contributed by atoms with Gasteiger partial charge in [-0.15, -0.1) is 0 Å². The first-order valence-electron chi connectivity index (χ1n) is 7.24. The lowest BCUT2D eigenvalue weighted by atomic mass is 9.99. The highest BCUT2D eigenvalue weighted by atomic mass is 32.2. The molecule has 6 heteroatoms. The van der Waals surface area contributed by atoms with Crippen LogP contribution in [0.15, 0.2) is 29.2 Å². The molecule has 2 aliphatic heterocycles. The number of methoxy groups -OCH3 is 1. The van der Waals surface area contributed by atoms with Crippen LogP contribution in [0.3, 0.4) is 0 Å². The second kappa shape index (κ2) is 5.68. The summed E-state index contributed by atoms with van der Waals surface area (Å²) in [6.45, 7) is 1.97. The van der Waals surface area contributed by atoms with Gasteiger partial charge in [0.2, 0.25) is 0 Å². The molecule has 0 aliphatic carbocycles. The molecule has 5 nitrogen and oxygen atoms in total. The third-order valence-corrected chi connectivity index (χ3v) is 6.29. The second-order valence-corrected chi connectivity index (χ2v) is 7.85. The van der Waals surface area contributed by atoms with Crippen molar-refractivity contribution in [2.45, 2.75) is 29.4 Å². The Balaban J connectivity index is 1.78. The quantitative estimate of drug-likeness (QED) is 0.908. The molecule has 0 spiro atoms. The van der Waals surface area contributed by atoms with E-state index in [1.165, 1.54) is 0 Å². The normalized spacial score (nSPS) is 31.0. The highest BCUT2D eigenvalue weighted by molar-refractivity contribution is 7.91. The Morgan fingerprint density at radius 2 is 2.24 bits per heavy atom. The number of sulfone groups is 1. The Hall–Kier alpha value is -0.950. The Bertz CT molecular complexity index is 608. The summed E-state index contributed by atoms with van der Waals surface area (Å²) in [5.74, 6) is 0.193. The molecule has 1 saturated heterocycles. The molecule has 0 amide bonds. The molecule has 1 aromatic carbocycles. The molecule has 0 radical (unpaired) electrons. The van der Waals surface area contributed by atoms with Gasteiger partial charge >= 0.3 is 0 Å². The van der Waals surface area contributed by atoms with E-state index in [-0.39, 0.29) is 17.4 Å². The standard InChI is InChI=1S/C15H21NO4S/c1-19-15(7-8-20-11-15)10-16-13-6-9-21(17,18)14-5-3-2-4-12(13)14/h2-5,13,16H,6-11H2,1H3. The fraction of sp³-hybridized carbons (Fsp3) is 0.600. The van der Waals surface area contributed by atoms with Crippen molar-refractivity contribution in [1.29, 1.82) is 0 Å². The molecule has 2 atom stereocenters. The second-order valence-electron chi connectivity index (χ2n) is 5.77. The van der Waals surface area contributed by atoms with Gasteiger partial charge in [-0.3, -0.25) is 0 Å². The monoisotopic (exact) mass is 311 g/mol. The van der Waals surface area contributed by atoms with Gasteiger partial charge in [0, 0.05) is 32.7 Å². The summed E-state index contributed by atoms with van der Waals surface area (Å²) >= 11 is 0. The summed E-state index contributed by atoms with van der Waals surface area (Å²) < 4.78 is 35.3. The van der Waals surface area contributed by atoms with Crippen LogP contribution in [0, 0.1) is 0 Å². The van der Waals surface area contributed by atoms with Gasteiger partial charge < -0.3 is 14.8 Å². The van der Waals surface area contributed by atoms with Gasteiger partial charge in [-0.2, -0.15) is 0 Å². The minimum Gasteiger partial charge on any atom is -0.378 e. The third-order valence-electron chi connectivity index (χ3n) is 4.48. The minimum absolute atomic E-state index is 0.0531. The van der Waals surface area contributed by atoms with Crippen molar-refractivity contribution in [3.63, 3.8) is 0 Å². The predicted octanol–water partition coefficient (Wildman–Crippen LogP) is 1.30. The topological polar surface area (TPSA) is 64.6 Å². The number of benzene rings is 1. The van der Waals surface area contributed by atoms with Gasteiger partial charge in [0.15, 0.2) is 9.84 Å². The predicted molar refractivity (Wildman–Crippen MR) is 79.0 cm³/mol. The van der Waals surface area contributed by atoms with Crippen molar-refractivity contribution in [3.05, 3.63) is 29.8 Å². The average Bonchev–Trinajstić information content (AvgIpc) is 2.96. The molecular weight excluding hydrogens is 290 g/mol. The Morgan fingerprint density at radius 1 is 1.43 bits per heavy atom. The maximum atomic E-state index is 12.1. The number of ether oxygens (including phenoxy) is 2. The van der Waals surface area contributed by atoms with Gasteiger partial charge in [-0.05, 0) is 18.1 Å². The van der Waals surface area contributed by atoms with Crippen LogP contribution >= 0.6 is 0 Å². The van der Waals surface area contributed by atoms with Crippen LogP contribution in [0.4, 0.5) is 0 Å². The summed E-state index contributed by atoms with van der Waals surface area (Å²) in [6, 6.07) is 7.31. The average molecular weight is 311 g/mol. The van der Waals surface area contributed by atoms with Crippen LogP contribution in [0.1, 0.15) is 24.4 Å². The molecular formula is C15H21NO4S. The minimum atomic E-state index is -3.13. The van der Waals surface area contributed by atoms with Crippen molar-refractivity contribution in [2.75, 3.05) is 32.6 Å². The van der Waals surface area contributed by atoms with Gasteiger partial charge in [0.25, 0.3) is 0 Å². The van der Waals surface area contributed by atoms with Crippen molar-refractivity contribution in [3.8, 4) is 0 Å². The number of hydrogen-bond acceptors (Lipinski definition) is 5. The maximum absolute atomic E-state index is 12.1. The molecule has 21 heavy (non-hydrogen) atoms. The largest absolute Gasteiger partial charge is 0.378 e. The zero-order chi connectivity index (χ0) is 14.9. The fourth-order valence-corrected chi connectivity index (χ4v) is 4.69. The van der Waals surface area contributed by atoms with Crippen molar-refractivity contribution in [2.24, 2.45) is 0 Å². The number of rotatable bonds is 4. The van der Waals surface area contributed by atoms with Crippen molar-refractivity contribution in [1.82, 2.24) is 5.32 Å². The summed E-state index contributed by atoms with van der Waals surface area (Å²) in [5, 5.41) is 3.48. The Labute approximate surface area is 125 Å². The van der Waals surface area contributed by atoms with Crippen LogP contribution in [-0.4, -0.2) is 46.6 Å².